The highest BCUT2D eigenvalue weighted by molar-refractivity contribution is 5.63. The van der Waals surface area contributed by atoms with Gasteiger partial charge in [0, 0.05) is 24.3 Å². The van der Waals surface area contributed by atoms with E-state index in [0.717, 1.165) is 31.5 Å². The summed E-state index contributed by atoms with van der Waals surface area (Å²) in [7, 11) is 0. The standard InChI is InChI=1S/C24H25NO/c1-19-9-8-14-22(24(26)15-16-24)23(19)25(17-20-10-4-2-5-11-20)18-21-12-6-3-7-13-21/h2-14,26H,15-18H2,1H3. The third-order valence-electron chi connectivity index (χ3n) is 5.21. The second-order valence-corrected chi connectivity index (χ2v) is 7.33. The second-order valence-electron chi connectivity index (χ2n) is 7.33. The average molecular weight is 343 g/mol. The topological polar surface area (TPSA) is 23.5 Å². The molecular weight excluding hydrogens is 318 g/mol. The van der Waals surface area contributed by atoms with Crippen LogP contribution < -0.4 is 4.90 Å². The molecule has 0 radical (unpaired) electrons. The van der Waals surface area contributed by atoms with Gasteiger partial charge in [-0.2, -0.15) is 0 Å². The Morgan fingerprint density at radius 3 is 1.81 bits per heavy atom. The molecule has 26 heavy (non-hydrogen) atoms. The Labute approximate surface area is 155 Å². The number of rotatable bonds is 6. The largest absolute Gasteiger partial charge is 0.385 e. The van der Waals surface area contributed by atoms with Gasteiger partial charge in [-0.1, -0.05) is 78.9 Å². The Kier molecular flexibility index (Phi) is 4.52. The molecule has 4 rings (SSSR count). The molecule has 0 spiro atoms. The zero-order valence-corrected chi connectivity index (χ0v) is 15.2. The zero-order chi connectivity index (χ0) is 18.0. The number of aryl methyl sites for hydroxylation is 1. The van der Waals surface area contributed by atoms with Crippen molar-refractivity contribution in [1.29, 1.82) is 0 Å². The zero-order valence-electron chi connectivity index (χ0n) is 15.2. The van der Waals surface area contributed by atoms with E-state index in [-0.39, 0.29) is 0 Å². The summed E-state index contributed by atoms with van der Waals surface area (Å²) in [6, 6.07) is 27.4. The minimum Gasteiger partial charge on any atom is -0.385 e. The van der Waals surface area contributed by atoms with Crippen molar-refractivity contribution >= 4 is 5.69 Å². The fourth-order valence-electron chi connectivity index (χ4n) is 3.66. The van der Waals surface area contributed by atoms with Crippen molar-refractivity contribution in [2.75, 3.05) is 4.90 Å². The van der Waals surface area contributed by atoms with Gasteiger partial charge in [0.2, 0.25) is 0 Å². The number of nitrogens with zero attached hydrogens (tertiary/aromatic N) is 1. The molecule has 0 bridgehead atoms. The summed E-state index contributed by atoms with van der Waals surface area (Å²) in [5.41, 5.74) is 5.38. The van der Waals surface area contributed by atoms with E-state index in [0.29, 0.717) is 0 Å². The molecule has 1 N–H and O–H groups in total. The van der Waals surface area contributed by atoms with Crippen molar-refractivity contribution in [3.05, 3.63) is 101 Å². The van der Waals surface area contributed by atoms with Crippen molar-refractivity contribution in [3.63, 3.8) is 0 Å². The fourth-order valence-corrected chi connectivity index (χ4v) is 3.66. The lowest BCUT2D eigenvalue weighted by atomic mass is 9.99. The highest BCUT2D eigenvalue weighted by atomic mass is 16.3. The van der Waals surface area contributed by atoms with Gasteiger partial charge in [-0.15, -0.1) is 0 Å². The molecule has 2 heteroatoms. The van der Waals surface area contributed by atoms with E-state index >= 15 is 0 Å². The summed E-state index contributed by atoms with van der Waals surface area (Å²) in [5, 5.41) is 10.9. The molecule has 3 aromatic rings. The highest BCUT2D eigenvalue weighted by Crippen LogP contribution is 2.49. The van der Waals surface area contributed by atoms with Crippen LogP contribution in [0.15, 0.2) is 78.9 Å². The normalized spacial score (nSPS) is 14.8. The van der Waals surface area contributed by atoms with Gasteiger partial charge in [-0.3, -0.25) is 0 Å². The molecule has 2 nitrogen and oxygen atoms in total. The maximum Gasteiger partial charge on any atom is 0.0919 e. The van der Waals surface area contributed by atoms with Gasteiger partial charge in [-0.25, -0.2) is 0 Å². The third-order valence-corrected chi connectivity index (χ3v) is 5.21. The number of benzene rings is 3. The van der Waals surface area contributed by atoms with Crippen LogP contribution in [0.25, 0.3) is 0 Å². The Morgan fingerprint density at radius 2 is 1.31 bits per heavy atom. The SMILES string of the molecule is Cc1cccc(C2(O)CC2)c1N(Cc1ccccc1)Cc1ccccc1. The molecule has 1 saturated carbocycles. The van der Waals surface area contributed by atoms with E-state index in [4.69, 9.17) is 0 Å². The van der Waals surface area contributed by atoms with E-state index < -0.39 is 5.60 Å². The van der Waals surface area contributed by atoms with Gasteiger partial charge in [0.05, 0.1) is 5.60 Å². The Balaban J connectivity index is 1.75. The molecular formula is C24H25NO. The molecule has 132 valence electrons. The molecule has 0 aliphatic heterocycles. The van der Waals surface area contributed by atoms with Crippen LogP contribution in [0.1, 0.15) is 35.1 Å². The van der Waals surface area contributed by atoms with Crippen LogP contribution in [0.5, 0.6) is 0 Å². The number of para-hydroxylation sites is 1. The van der Waals surface area contributed by atoms with Crippen LogP contribution in [-0.4, -0.2) is 5.11 Å². The minimum absolute atomic E-state index is 0.646. The van der Waals surface area contributed by atoms with Crippen LogP contribution in [-0.2, 0) is 18.7 Å². The summed E-state index contributed by atoms with van der Waals surface area (Å²) in [4.78, 5) is 2.41. The van der Waals surface area contributed by atoms with E-state index in [1.165, 1.54) is 22.4 Å². The molecule has 0 heterocycles. The first-order valence-electron chi connectivity index (χ1n) is 9.31. The molecule has 1 aliphatic carbocycles. The van der Waals surface area contributed by atoms with E-state index in [9.17, 15) is 5.11 Å². The number of hydrogen-bond donors (Lipinski definition) is 1. The summed E-state index contributed by atoms with van der Waals surface area (Å²) >= 11 is 0. The second kappa shape index (κ2) is 6.97. The van der Waals surface area contributed by atoms with Gasteiger partial charge >= 0.3 is 0 Å². The Morgan fingerprint density at radius 1 is 0.769 bits per heavy atom. The lowest BCUT2D eigenvalue weighted by Crippen LogP contribution is -2.26. The summed E-state index contributed by atoms with van der Waals surface area (Å²) in [6.07, 6.45) is 1.71. The van der Waals surface area contributed by atoms with Crippen molar-refractivity contribution in [2.24, 2.45) is 0 Å². The lowest BCUT2D eigenvalue weighted by molar-refractivity contribution is 0.152. The Bertz CT molecular complexity index is 828. The number of aliphatic hydroxyl groups is 1. The van der Waals surface area contributed by atoms with Gasteiger partial charge in [0.1, 0.15) is 0 Å². The smallest absolute Gasteiger partial charge is 0.0919 e. The van der Waals surface area contributed by atoms with Gasteiger partial charge in [0.15, 0.2) is 0 Å². The first-order valence-corrected chi connectivity index (χ1v) is 9.31. The molecule has 1 aliphatic rings. The molecule has 0 atom stereocenters. The summed E-state index contributed by atoms with van der Waals surface area (Å²) < 4.78 is 0. The predicted molar refractivity (Wildman–Crippen MR) is 107 cm³/mol. The molecule has 0 unspecified atom stereocenters. The monoisotopic (exact) mass is 343 g/mol. The molecule has 1 fully saturated rings. The average Bonchev–Trinajstić information content (AvgIpc) is 3.41. The molecule has 3 aromatic carbocycles. The lowest BCUT2D eigenvalue weighted by Gasteiger charge is -2.30. The van der Waals surface area contributed by atoms with E-state index in [1.54, 1.807) is 0 Å². The first kappa shape index (κ1) is 16.9. The Hall–Kier alpha value is -2.58. The summed E-state index contributed by atoms with van der Waals surface area (Å²) in [6.45, 7) is 3.79. The third kappa shape index (κ3) is 3.51. The first-order chi connectivity index (χ1) is 12.7. The van der Waals surface area contributed by atoms with Gasteiger partial charge < -0.3 is 10.0 Å². The van der Waals surface area contributed by atoms with Crippen LogP contribution in [0.3, 0.4) is 0 Å². The maximum absolute atomic E-state index is 10.9. The van der Waals surface area contributed by atoms with Crippen LogP contribution in [0.2, 0.25) is 0 Å². The van der Waals surface area contributed by atoms with Crippen LogP contribution in [0, 0.1) is 6.92 Å². The van der Waals surface area contributed by atoms with E-state index in [1.807, 2.05) is 0 Å². The predicted octanol–water partition coefficient (Wildman–Crippen LogP) is 5.18. The minimum atomic E-state index is -0.646. The van der Waals surface area contributed by atoms with Crippen molar-refractivity contribution in [1.82, 2.24) is 0 Å². The van der Waals surface area contributed by atoms with Crippen molar-refractivity contribution < 1.29 is 5.11 Å². The maximum atomic E-state index is 10.9. The summed E-state index contributed by atoms with van der Waals surface area (Å²) in [5.74, 6) is 0. The van der Waals surface area contributed by atoms with Crippen LogP contribution in [0.4, 0.5) is 5.69 Å². The quantitative estimate of drug-likeness (QED) is 0.666. The molecule has 0 aromatic heterocycles. The van der Waals surface area contributed by atoms with Gasteiger partial charge in [0.25, 0.3) is 0 Å². The van der Waals surface area contributed by atoms with Crippen LogP contribution >= 0.6 is 0 Å². The number of anilines is 1. The van der Waals surface area contributed by atoms with Crippen molar-refractivity contribution in [3.8, 4) is 0 Å². The van der Waals surface area contributed by atoms with Gasteiger partial charge in [-0.05, 0) is 36.5 Å². The van der Waals surface area contributed by atoms with E-state index in [2.05, 4.69) is 90.7 Å². The van der Waals surface area contributed by atoms with Crippen molar-refractivity contribution in [2.45, 2.75) is 38.5 Å². The molecule has 0 amide bonds. The fraction of sp³-hybridized carbons (Fsp3) is 0.250. The highest BCUT2D eigenvalue weighted by Gasteiger charge is 2.44. The number of hydrogen-bond acceptors (Lipinski definition) is 2. The molecule has 0 saturated heterocycles.